The highest BCUT2D eigenvalue weighted by molar-refractivity contribution is 7.13. The van der Waals surface area contributed by atoms with Crippen LogP contribution in [0.4, 0.5) is 0 Å². The van der Waals surface area contributed by atoms with Gasteiger partial charge in [-0.15, -0.1) is 0 Å². The Hall–Kier alpha value is -1.76. The van der Waals surface area contributed by atoms with Gasteiger partial charge < -0.3 is 14.4 Å². The van der Waals surface area contributed by atoms with Gasteiger partial charge in [0.2, 0.25) is 0 Å². The summed E-state index contributed by atoms with van der Waals surface area (Å²) < 4.78 is 11.4. The predicted octanol–water partition coefficient (Wildman–Crippen LogP) is 2.79. The zero-order chi connectivity index (χ0) is 21.7. The number of nitrogens with one attached hydrogen (secondary N) is 1. The molecule has 1 aromatic rings. The summed E-state index contributed by atoms with van der Waals surface area (Å²) in [6.07, 6.45) is 3.45. The van der Waals surface area contributed by atoms with Crippen LogP contribution in [0, 0.1) is 5.92 Å². The van der Waals surface area contributed by atoms with Gasteiger partial charge in [0, 0.05) is 12.2 Å². The van der Waals surface area contributed by atoms with Crippen molar-refractivity contribution in [2.24, 2.45) is 5.92 Å². The molecule has 1 aliphatic carbocycles. The van der Waals surface area contributed by atoms with Gasteiger partial charge in [0.1, 0.15) is 5.78 Å². The van der Waals surface area contributed by atoms with Crippen molar-refractivity contribution in [1.29, 1.82) is 0 Å². The van der Waals surface area contributed by atoms with E-state index < -0.39 is 31.1 Å². The summed E-state index contributed by atoms with van der Waals surface area (Å²) in [5.74, 6) is -1.52. The highest BCUT2D eigenvalue weighted by Gasteiger charge is 2.56. The summed E-state index contributed by atoms with van der Waals surface area (Å²) >= 11 is 0. The molecular weight excluding hydrogens is 404 g/mol. The molecule has 2 fully saturated rings. The topological polar surface area (TPSA) is 102 Å². The molecule has 2 N–H and O–H groups in total. The lowest BCUT2D eigenvalue weighted by Gasteiger charge is -2.24. The molecule has 0 aromatic heterocycles. The van der Waals surface area contributed by atoms with Crippen molar-refractivity contribution < 1.29 is 28.8 Å². The second kappa shape index (κ2) is 10.0. The molecule has 0 spiro atoms. The van der Waals surface area contributed by atoms with Crippen LogP contribution in [-0.4, -0.2) is 41.6 Å². The standard InChI is InChI=1S/C21H29BNO6P/c1-2-21(13-19(25)26)20(27)28-22(29-21)16(10-15-8-9-15)12-18(24)17(23-30)11-14-6-4-3-5-7-14/h3-7,15-17,23H,2,8-13,30H2,1H3,(H,25,26)/t16-,17+,21?/m1/s1. The minimum atomic E-state index is -1.47. The first-order chi connectivity index (χ1) is 14.4. The number of carboxylic acids is 1. The van der Waals surface area contributed by atoms with Crippen molar-refractivity contribution in [3.8, 4) is 0 Å². The van der Waals surface area contributed by atoms with E-state index in [-0.39, 0.29) is 30.5 Å². The van der Waals surface area contributed by atoms with Gasteiger partial charge in [0.15, 0.2) is 5.60 Å². The van der Waals surface area contributed by atoms with E-state index in [1.807, 2.05) is 30.3 Å². The molecule has 4 atom stereocenters. The van der Waals surface area contributed by atoms with Crippen LogP contribution in [0.15, 0.2) is 30.3 Å². The number of hydrogen-bond donors (Lipinski definition) is 2. The normalized spacial score (nSPS) is 23.1. The first-order valence-electron chi connectivity index (χ1n) is 10.5. The van der Waals surface area contributed by atoms with E-state index in [0.717, 1.165) is 24.8 Å². The summed E-state index contributed by atoms with van der Waals surface area (Å²) in [5.41, 5.74) is -0.413. The minimum absolute atomic E-state index is 0.0198. The van der Waals surface area contributed by atoms with Crippen LogP contribution in [0.1, 0.15) is 51.0 Å². The van der Waals surface area contributed by atoms with Crippen molar-refractivity contribution in [2.45, 2.75) is 69.3 Å². The molecule has 7 nitrogen and oxygen atoms in total. The van der Waals surface area contributed by atoms with E-state index in [9.17, 15) is 19.5 Å². The third kappa shape index (κ3) is 5.68. The van der Waals surface area contributed by atoms with Crippen molar-refractivity contribution in [3.05, 3.63) is 35.9 Å². The van der Waals surface area contributed by atoms with Crippen molar-refractivity contribution in [3.63, 3.8) is 0 Å². The number of carbonyl (C=O) groups excluding carboxylic acids is 2. The third-order valence-corrected chi connectivity index (χ3v) is 6.40. The van der Waals surface area contributed by atoms with Crippen molar-refractivity contribution >= 4 is 34.2 Å². The summed E-state index contributed by atoms with van der Waals surface area (Å²) in [5, 5.41) is 12.2. The van der Waals surface area contributed by atoms with Crippen LogP contribution >= 0.6 is 9.39 Å². The molecule has 2 aliphatic rings. The van der Waals surface area contributed by atoms with E-state index >= 15 is 0 Å². The monoisotopic (exact) mass is 433 g/mol. The number of carbonyl (C=O) groups is 3. The summed E-state index contributed by atoms with van der Waals surface area (Å²) in [4.78, 5) is 36.8. The number of Topliss-reactive ketones (excluding diaryl/α,β-unsaturated/α-hetero) is 1. The first kappa shape index (κ1) is 22.9. The zero-order valence-electron chi connectivity index (χ0n) is 17.2. The van der Waals surface area contributed by atoms with Crippen LogP contribution < -0.4 is 5.09 Å². The van der Waals surface area contributed by atoms with Crippen molar-refractivity contribution in [2.75, 3.05) is 0 Å². The number of hydrogen-bond acceptors (Lipinski definition) is 6. The smallest absolute Gasteiger partial charge is 0.507 e. The van der Waals surface area contributed by atoms with Gasteiger partial charge in [-0.2, -0.15) is 0 Å². The predicted molar refractivity (Wildman–Crippen MR) is 116 cm³/mol. The molecule has 162 valence electrons. The quantitative estimate of drug-likeness (QED) is 0.386. The van der Waals surface area contributed by atoms with Gasteiger partial charge in [0.25, 0.3) is 0 Å². The number of benzene rings is 1. The Morgan fingerprint density at radius 1 is 1.33 bits per heavy atom. The summed E-state index contributed by atoms with van der Waals surface area (Å²) in [6.45, 7) is 1.71. The molecule has 0 bridgehead atoms. The average Bonchev–Trinajstić information content (AvgIpc) is 3.48. The third-order valence-electron chi connectivity index (χ3n) is 6.00. The number of aliphatic carboxylic acids is 1. The number of rotatable bonds is 12. The van der Waals surface area contributed by atoms with Gasteiger partial charge in [-0.1, -0.05) is 59.5 Å². The molecule has 30 heavy (non-hydrogen) atoms. The fraction of sp³-hybridized carbons (Fsp3) is 0.571. The molecule has 0 radical (unpaired) electrons. The van der Waals surface area contributed by atoms with E-state index in [1.54, 1.807) is 6.92 Å². The second-order valence-electron chi connectivity index (χ2n) is 8.33. The highest BCUT2D eigenvalue weighted by atomic mass is 31.0. The van der Waals surface area contributed by atoms with Crippen LogP contribution in [0.5, 0.6) is 0 Å². The highest BCUT2D eigenvalue weighted by Crippen LogP contribution is 2.43. The Balaban J connectivity index is 1.70. The lowest BCUT2D eigenvalue weighted by Crippen LogP contribution is -2.39. The lowest BCUT2D eigenvalue weighted by molar-refractivity contribution is -0.152. The van der Waals surface area contributed by atoms with E-state index in [1.165, 1.54) is 0 Å². The molecule has 1 saturated carbocycles. The van der Waals surface area contributed by atoms with Gasteiger partial charge in [0.05, 0.1) is 12.5 Å². The fourth-order valence-electron chi connectivity index (χ4n) is 4.00. The maximum atomic E-state index is 13.1. The van der Waals surface area contributed by atoms with Gasteiger partial charge in [-0.05, 0) is 30.7 Å². The minimum Gasteiger partial charge on any atom is -0.507 e. The molecule has 3 rings (SSSR count). The molecule has 0 amide bonds. The van der Waals surface area contributed by atoms with Crippen LogP contribution in [0.25, 0.3) is 0 Å². The maximum Gasteiger partial charge on any atom is 0.531 e. The summed E-state index contributed by atoms with van der Waals surface area (Å²) in [6, 6.07) is 9.39. The van der Waals surface area contributed by atoms with Gasteiger partial charge in [-0.25, -0.2) is 0 Å². The lowest BCUT2D eigenvalue weighted by atomic mass is 9.66. The number of carboxylic acid groups (broad SMARTS) is 1. The fourth-order valence-corrected chi connectivity index (χ4v) is 4.30. The Labute approximate surface area is 179 Å². The van der Waals surface area contributed by atoms with E-state index in [0.29, 0.717) is 12.3 Å². The molecular formula is C21H29BNO6P. The molecule has 9 heteroatoms. The van der Waals surface area contributed by atoms with E-state index in [2.05, 4.69) is 14.5 Å². The number of ketones is 1. The molecule has 1 aromatic carbocycles. The van der Waals surface area contributed by atoms with Crippen molar-refractivity contribution in [1.82, 2.24) is 5.09 Å². The Kier molecular flexibility index (Phi) is 7.67. The van der Waals surface area contributed by atoms with Crippen LogP contribution in [-0.2, 0) is 30.1 Å². The van der Waals surface area contributed by atoms with E-state index in [4.69, 9.17) is 9.31 Å². The first-order valence-corrected chi connectivity index (χ1v) is 11.1. The molecule has 1 aliphatic heterocycles. The Bertz CT molecular complexity index is 774. The van der Waals surface area contributed by atoms with Crippen LogP contribution in [0.3, 0.4) is 0 Å². The van der Waals surface area contributed by atoms with Crippen LogP contribution in [0.2, 0.25) is 5.82 Å². The zero-order valence-corrected chi connectivity index (χ0v) is 18.4. The molecule has 1 heterocycles. The average molecular weight is 433 g/mol. The molecule has 2 unspecified atom stereocenters. The Morgan fingerprint density at radius 2 is 2.03 bits per heavy atom. The maximum absolute atomic E-state index is 13.1. The second-order valence-corrected chi connectivity index (χ2v) is 8.66. The largest absolute Gasteiger partial charge is 0.531 e. The van der Waals surface area contributed by atoms with Gasteiger partial charge >= 0.3 is 19.1 Å². The molecule has 1 saturated heterocycles. The Morgan fingerprint density at radius 3 is 2.60 bits per heavy atom. The summed E-state index contributed by atoms with van der Waals surface area (Å²) in [7, 11) is 1.53. The van der Waals surface area contributed by atoms with Gasteiger partial charge in [-0.3, -0.25) is 19.5 Å². The SMILES string of the molecule is CCC1(CC(=O)O)OB([C@@H](CC(=O)[C@H](Cc2ccccc2)NP)CC2CC2)OC1=O.